The van der Waals surface area contributed by atoms with Crippen molar-refractivity contribution in [2.45, 2.75) is 73.9 Å². The SMILES string of the molecule is CC(C)(C)CN(Cc1ccc(/C=C/CCl)cc1)c1ccnc(C#N)n1.CC(C)(C)CN(Cc1ccc(/C=C/CN2CCCCC2)cc1)c1ccnc(C#N)n1. The van der Waals surface area contributed by atoms with Gasteiger partial charge in [-0.2, -0.15) is 10.5 Å². The lowest BCUT2D eigenvalue weighted by atomic mass is 9.95. The van der Waals surface area contributed by atoms with Gasteiger partial charge in [-0.3, -0.25) is 4.90 Å². The van der Waals surface area contributed by atoms with E-state index < -0.39 is 0 Å². The van der Waals surface area contributed by atoms with Crippen molar-refractivity contribution in [2.75, 3.05) is 48.4 Å². The number of rotatable bonds is 13. The fourth-order valence-corrected chi connectivity index (χ4v) is 6.40. The minimum absolute atomic E-state index is 0.0980. The Balaban J connectivity index is 0.000000249. The van der Waals surface area contributed by atoms with Crippen LogP contribution in [0.25, 0.3) is 12.2 Å². The Kier molecular flexibility index (Phi) is 16.4. The molecule has 288 valence electrons. The lowest BCUT2D eigenvalue weighted by molar-refractivity contribution is 0.252. The van der Waals surface area contributed by atoms with Crippen LogP contribution in [0.15, 0.2) is 85.2 Å². The number of benzene rings is 2. The molecule has 9 nitrogen and oxygen atoms in total. The van der Waals surface area contributed by atoms with Crippen LogP contribution in [0.2, 0.25) is 0 Å². The van der Waals surface area contributed by atoms with Gasteiger partial charge >= 0.3 is 0 Å². The van der Waals surface area contributed by atoms with Gasteiger partial charge in [-0.25, -0.2) is 19.9 Å². The molecule has 1 aliphatic rings. The van der Waals surface area contributed by atoms with Crippen molar-refractivity contribution in [1.29, 1.82) is 10.5 Å². The van der Waals surface area contributed by atoms with E-state index in [0.29, 0.717) is 5.88 Å². The molecule has 0 N–H and O–H groups in total. The first-order valence-corrected chi connectivity index (χ1v) is 19.6. The van der Waals surface area contributed by atoms with E-state index in [1.54, 1.807) is 12.4 Å². The van der Waals surface area contributed by atoms with Gasteiger partial charge in [-0.1, -0.05) is 121 Å². The number of aromatic nitrogens is 4. The molecule has 4 aromatic rings. The van der Waals surface area contributed by atoms with Gasteiger partial charge in [0, 0.05) is 51.0 Å². The summed E-state index contributed by atoms with van der Waals surface area (Å²) >= 11 is 5.68. The number of allylic oxidation sites excluding steroid dienone is 1. The van der Waals surface area contributed by atoms with Crippen LogP contribution in [-0.2, 0) is 13.1 Å². The Labute approximate surface area is 334 Å². The highest BCUT2D eigenvalue weighted by atomic mass is 35.5. The van der Waals surface area contributed by atoms with Gasteiger partial charge in [-0.05, 0) is 71.1 Å². The predicted molar refractivity (Wildman–Crippen MR) is 226 cm³/mol. The molecule has 10 heteroatoms. The van der Waals surface area contributed by atoms with E-state index in [4.69, 9.17) is 22.1 Å². The molecular weight excluding hydrogens is 702 g/mol. The van der Waals surface area contributed by atoms with Crippen molar-refractivity contribution in [3.63, 3.8) is 0 Å². The Bertz CT molecular complexity index is 1900. The molecule has 1 fully saturated rings. The first kappa shape index (κ1) is 42.6. The summed E-state index contributed by atoms with van der Waals surface area (Å²) in [6, 6.07) is 24.9. The van der Waals surface area contributed by atoms with Crippen molar-refractivity contribution in [1.82, 2.24) is 24.8 Å². The molecule has 3 heterocycles. The van der Waals surface area contributed by atoms with Crippen LogP contribution in [-0.4, -0.2) is 63.4 Å². The number of halogens is 1. The van der Waals surface area contributed by atoms with Gasteiger partial charge in [-0.15, -0.1) is 11.6 Å². The van der Waals surface area contributed by atoms with E-state index in [2.05, 4.69) is 137 Å². The zero-order valence-corrected chi connectivity index (χ0v) is 34.2. The summed E-state index contributed by atoms with van der Waals surface area (Å²) in [6.07, 6.45) is 15.8. The average molecular weight is 758 g/mol. The van der Waals surface area contributed by atoms with E-state index in [0.717, 1.165) is 49.9 Å². The zero-order chi connectivity index (χ0) is 39.7. The second kappa shape index (κ2) is 21.1. The summed E-state index contributed by atoms with van der Waals surface area (Å²) in [7, 11) is 0. The molecule has 0 radical (unpaired) electrons. The molecule has 0 aliphatic carbocycles. The lowest BCUT2D eigenvalue weighted by Crippen LogP contribution is -2.33. The number of piperidine rings is 1. The summed E-state index contributed by atoms with van der Waals surface area (Å²) in [6.45, 7) is 19.8. The molecule has 0 amide bonds. The first-order valence-electron chi connectivity index (χ1n) is 19.1. The maximum Gasteiger partial charge on any atom is 0.234 e. The topological polar surface area (TPSA) is 109 Å². The van der Waals surface area contributed by atoms with Gasteiger partial charge in [0.15, 0.2) is 0 Å². The van der Waals surface area contributed by atoms with Crippen LogP contribution < -0.4 is 9.80 Å². The molecule has 0 spiro atoms. The van der Waals surface area contributed by atoms with Gasteiger partial charge in [0.25, 0.3) is 0 Å². The number of hydrogen-bond donors (Lipinski definition) is 0. The molecule has 2 aromatic heterocycles. The van der Waals surface area contributed by atoms with Crippen molar-refractivity contribution in [2.24, 2.45) is 10.8 Å². The van der Waals surface area contributed by atoms with Crippen molar-refractivity contribution in [3.8, 4) is 12.1 Å². The molecule has 1 aliphatic heterocycles. The predicted octanol–water partition coefficient (Wildman–Crippen LogP) is 9.55. The number of likely N-dealkylation sites (tertiary alicyclic amines) is 1. The van der Waals surface area contributed by atoms with Gasteiger partial charge in [0.2, 0.25) is 11.6 Å². The maximum atomic E-state index is 9.15. The Morgan fingerprint density at radius 2 is 1.09 bits per heavy atom. The third-order valence-electron chi connectivity index (χ3n) is 8.69. The van der Waals surface area contributed by atoms with Gasteiger partial charge < -0.3 is 9.80 Å². The molecule has 0 unspecified atom stereocenters. The second-order valence-corrected chi connectivity index (χ2v) is 16.6. The van der Waals surface area contributed by atoms with Crippen LogP contribution in [0.4, 0.5) is 11.6 Å². The van der Waals surface area contributed by atoms with Crippen LogP contribution in [0.5, 0.6) is 0 Å². The molecule has 2 aromatic carbocycles. The molecule has 55 heavy (non-hydrogen) atoms. The van der Waals surface area contributed by atoms with Crippen LogP contribution in [0.3, 0.4) is 0 Å². The number of nitriles is 2. The fourth-order valence-electron chi connectivity index (χ4n) is 6.31. The van der Waals surface area contributed by atoms with Crippen molar-refractivity contribution >= 4 is 35.4 Å². The normalized spacial score (nSPS) is 13.5. The zero-order valence-electron chi connectivity index (χ0n) is 33.4. The molecule has 0 bridgehead atoms. The van der Waals surface area contributed by atoms with Crippen molar-refractivity contribution < 1.29 is 0 Å². The average Bonchev–Trinajstić information content (AvgIpc) is 3.17. The quantitative estimate of drug-likeness (QED) is 0.123. The molecular formula is C45H56ClN9. The summed E-state index contributed by atoms with van der Waals surface area (Å²) in [5.74, 6) is 2.48. The van der Waals surface area contributed by atoms with E-state index in [-0.39, 0.29) is 22.5 Å². The van der Waals surface area contributed by atoms with Crippen LogP contribution in [0.1, 0.15) is 94.7 Å². The first-order chi connectivity index (χ1) is 26.3. The highest BCUT2D eigenvalue weighted by Crippen LogP contribution is 2.24. The minimum atomic E-state index is 0.0980. The Hall–Kier alpha value is -5.09. The van der Waals surface area contributed by atoms with E-state index in [1.807, 2.05) is 36.4 Å². The number of alkyl halides is 1. The van der Waals surface area contributed by atoms with Gasteiger partial charge in [0.1, 0.15) is 23.8 Å². The highest BCUT2D eigenvalue weighted by Gasteiger charge is 2.20. The third kappa shape index (κ3) is 15.7. The Morgan fingerprint density at radius 1 is 0.655 bits per heavy atom. The van der Waals surface area contributed by atoms with Gasteiger partial charge in [0.05, 0.1) is 0 Å². The maximum absolute atomic E-state index is 9.15. The van der Waals surface area contributed by atoms with E-state index in [9.17, 15) is 0 Å². The molecule has 1 saturated heterocycles. The summed E-state index contributed by atoms with van der Waals surface area (Å²) in [5, 5.41) is 18.2. The molecule has 0 saturated carbocycles. The lowest BCUT2D eigenvalue weighted by Gasteiger charge is -2.31. The largest absolute Gasteiger partial charge is 0.352 e. The summed E-state index contributed by atoms with van der Waals surface area (Å²) in [5.41, 5.74) is 4.97. The van der Waals surface area contributed by atoms with Crippen LogP contribution >= 0.6 is 11.6 Å². The number of nitrogens with zero attached hydrogens (tertiary/aromatic N) is 9. The smallest absolute Gasteiger partial charge is 0.234 e. The minimum Gasteiger partial charge on any atom is -0.352 e. The van der Waals surface area contributed by atoms with E-state index >= 15 is 0 Å². The number of anilines is 2. The number of hydrogen-bond acceptors (Lipinski definition) is 9. The third-order valence-corrected chi connectivity index (χ3v) is 8.87. The second-order valence-electron chi connectivity index (χ2n) is 16.3. The standard InChI is InChI=1S/C25H33N5.C20H23ClN4/c1-25(2,3)20-30(24-13-14-27-23(18-26)28-24)19-22-11-9-21(10-12-22)8-7-17-29-15-5-4-6-16-29;1-20(2,3)15-25(19-10-12-23-18(13-22)24-19)14-17-8-6-16(7-9-17)5-4-11-21/h7-14H,4-6,15-17,19-20H2,1-3H3;4-10,12H,11,14-15H2,1-3H3/b8-7+;5-4+. The summed E-state index contributed by atoms with van der Waals surface area (Å²) in [4.78, 5) is 23.7. The van der Waals surface area contributed by atoms with Crippen molar-refractivity contribution in [3.05, 3.63) is 119 Å². The fraction of sp³-hybridized carbons (Fsp3) is 0.422. The van der Waals surface area contributed by atoms with Crippen LogP contribution in [0, 0.1) is 33.5 Å². The summed E-state index contributed by atoms with van der Waals surface area (Å²) < 4.78 is 0. The van der Waals surface area contributed by atoms with E-state index in [1.165, 1.54) is 49.0 Å². The Morgan fingerprint density at radius 3 is 1.49 bits per heavy atom. The molecule has 0 atom stereocenters. The molecule has 5 rings (SSSR count). The monoisotopic (exact) mass is 757 g/mol. The highest BCUT2D eigenvalue weighted by molar-refractivity contribution is 6.19.